The van der Waals surface area contributed by atoms with Crippen LogP contribution in [0.15, 0.2) is 30.5 Å². The Labute approximate surface area is 178 Å². The lowest BCUT2D eigenvalue weighted by Crippen LogP contribution is -2.40. The molecule has 1 atom stereocenters. The summed E-state index contributed by atoms with van der Waals surface area (Å²) in [7, 11) is 0. The Kier molecular flexibility index (Phi) is 5.99. The number of nitrogens with zero attached hydrogens (tertiary/aromatic N) is 4. The average Bonchev–Trinajstić information content (AvgIpc) is 3.04. The van der Waals surface area contributed by atoms with Crippen LogP contribution in [0.2, 0.25) is 0 Å². The number of fused-ring (bicyclic) bond motifs is 1. The van der Waals surface area contributed by atoms with Gasteiger partial charge in [0.05, 0.1) is 0 Å². The van der Waals surface area contributed by atoms with Gasteiger partial charge in [0.15, 0.2) is 0 Å². The standard InChI is InChI=1S/C21H24F3N5O2/c1-14-5-6-17(26-18-12-16(7-8-25-18)31-21(22,23)24)27-19(14)20(30)29-11-3-10-28-9-2-4-15(28)13-29/h5-8,12,15H,2-4,9-11,13H2,1H3,(H,25,26,27). The number of pyridine rings is 2. The van der Waals surface area contributed by atoms with Gasteiger partial charge in [-0.15, -0.1) is 13.2 Å². The molecule has 7 nitrogen and oxygen atoms in total. The lowest BCUT2D eigenvalue weighted by molar-refractivity contribution is -0.274. The second kappa shape index (κ2) is 8.70. The van der Waals surface area contributed by atoms with Crippen LogP contribution in [0.1, 0.15) is 35.3 Å². The van der Waals surface area contributed by atoms with Gasteiger partial charge in [0, 0.05) is 37.9 Å². The second-order valence-electron chi connectivity index (χ2n) is 7.85. The Balaban J connectivity index is 1.51. The van der Waals surface area contributed by atoms with E-state index >= 15 is 0 Å². The molecule has 2 aromatic rings. The zero-order valence-electron chi connectivity index (χ0n) is 17.2. The largest absolute Gasteiger partial charge is 0.573 e. The molecule has 2 fully saturated rings. The summed E-state index contributed by atoms with van der Waals surface area (Å²) in [6, 6.07) is 6.06. The fourth-order valence-electron chi connectivity index (χ4n) is 4.16. The predicted octanol–water partition coefficient (Wildman–Crippen LogP) is 3.74. The van der Waals surface area contributed by atoms with Crippen LogP contribution >= 0.6 is 0 Å². The lowest BCUT2D eigenvalue weighted by Gasteiger charge is -2.26. The number of aromatic nitrogens is 2. The Hall–Kier alpha value is -2.88. The zero-order chi connectivity index (χ0) is 22.0. The second-order valence-corrected chi connectivity index (χ2v) is 7.85. The minimum atomic E-state index is -4.79. The Morgan fingerprint density at radius 2 is 1.97 bits per heavy atom. The van der Waals surface area contributed by atoms with Gasteiger partial charge in [-0.3, -0.25) is 9.69 Å². The summed E-state index contributed by atoms with van der Waals surface area (Å²) in [5.41, 5.74) is 1.07. The van der Waals surface area contributed by atoms with Gasteiger partial charge in [0.25, 0.3) is 5.91 Å². The molecule has 0 radical (unpaired) electrons. The number of carbonyl (C=O) groups excluding carboxylic acids is 1. The summed E-state index contributed by atoms with van der Waals surface area (Å²) in [5.74, 6) is -0.0630. The summed E-state index contributed by atoms with van der Waals surface area (Å²) in [6.07, 6.45) is -0.404. The molecular weight excluding hydrogens is 411 g/mol. The summed E-state index contributed by atoms with van der Waals surface area (Å²) in [6.45, 7) is 5.29. The SMILES string of the molecule is Cc1ccc(Nc2cc(OC(F)(F)F)ccn2)nc1C(=O)N1CCCN2CCCC2C1. The molecule has 4 heterocycles. The maximum atomic E-state index is 13.2. The number of amides is 1. The highest BCUT2D eigenvalue weighted by atomic mass is 19.4. The van der Waals surface area contributed by atoms with Crippen LogP contribution in [-0.4, -0.2) is 64.3 Å². The van der Waals surface area contributed by atoms with Gasteiger partial charge in [0.1, 0.15) is 23.1 Å². The molecule has 2 saturated heterocycles. The number of nitrogens with one attached hydrogen (secondary N) is 1. The third-order valence-electron chi connectivity index (χ3n) is 5.61. The van der Waals surface area contributed by atoms with E-state index in [0.29, 0.717) is 30.6 Å². The van der Waals surface area contributed by atoms with Crippen molar-refractivity contribution in [2.24, 2.45) is 0 Å². The number of halogens is 3. The summed E-state index contributed by atoms with van der Waals surface area (Å²) >= 11 is 0. The number of anilines is 2. The predicted molar refractivity (Wildman–Crippen MR) is 108 cm³/mol. The highest BCUT2D eigenvalue weighted by Gasteiger charge is 2.32. The van der Waals surface area contributed by atoms with E-state index in [-0.39, 0.29) is 17.5 Å². The summed E-state index contributed by atoms with van der Waals surface area (Å²) in [4.78, 5) is 26.0. The number of aryl methyl sites for hydroxylation is 1. The molecule has 4 rings (SSSR count). The molecule has 0 spiro atoms. The molecule has 1 amide bonds. The van der Waals surface area contributed by atoms with Crippen molar-refractivity contribution in [3.63, 3.8) is 0 Å². The van der Waals surface area contributed by atoms with Crippen LogP contribution in [0.5, 0.6) is 5.75 Å². The number of rotatable bonds is 4. The molecule has 1 N–H and O–H groups in total. The molecule has 0 saturated carbocycles. The third-order valence-corrected chi connectivity index (χ3v) is 5.61. The first-order valence-corrected chi connectivity index (χ1v) is 10.3. The molecule has 2 aliphatic heterocycles. The number of hydrogen-bond acceptors (Lipinski definition) is 6. The molecule has 10 heteroatoms. The summed E-state index contributed by atoms with van der Waals surface area (Å²) in [5, 5.41) is 2.86. The average molecular weight is 435 g/mol. The monoisotopic (exact) mass is 435 g/mol. The van der Waals surface area contributed by atoms with Crippen molar-refractivity contribution in [1.29, 1.82) is 0 Å². The first-order chi connectivity index (χ1) is 14.8. The van der Waals surface area contributed by atoms with Crippen molar-refractivity contribution in [3.8, 4) is 5.75 Å². The Bertz CT molecular complexity index is 953. The topological polar surface area (TPSA) is 70.6 Å². The van der Waals surface area contributed by atoms with E-state index in [2.05, 4.69) is 24.9 Å². The highest BCUT2D eigenvalue weighted by molar-refractivity contribution is 5.94. The molecule has 166 valence electrons. The molecule has 2 aromatic heterocycles. The molecule has 2 aliphatic rings. The van der Waals surface area contributed by atoms with Crippen LogP contribution < -0.4 is 10.1 Å². The van der Waals surface area contributed by atoms with Crippen LogP contribution in [-0.2, 0) is 0 Å². The van der Waals surface area contributed by atoms with E-state index in [1.54, 1.807) is 12.1 Å². The molecular formula is C21H24F3N5O2. The minimum absolute atomic E-state index is 0.128. The molecule has 0 aromatic carbocycles. The van der Waals surface area contributed by atoms with Crippen LogP contribution in [0, 0.1) is 6.92 Å². The molecule has 0 aliphatic carbocycles. The number of ether oxygens (including phenoxy) is 1. The van der Waals surface area contributed by atoms with E-state index < -0.39 is 6.36 Å². The fourth-order valence-corrected chi connectivity index (χ4v) is 4.16. The normalized spacial score (nSPS) is 19.6. The lowest BCUT2D eigenvalue weighted by atomic mass is 10.1. The van der Waals surface area contributed by atoms with E-state index in [0.717, 1.165) is 50.0 Å². The van der Waals surface area contributed by atoms with Gasteiger partial charge in [-0.2, -0.15) is 0 Å². The van der Waals surface area contributed by atoms with Crippen molar-refractivity contribution in [2.45, 2.75) is 38.6 Å². The molecule has 31 heavy (non-hydrogen) atoms. The van der Waals surface area contributed by atoms with Crippen LogP contribution in [0.3, 0.4) is 0 Å². The molecule has 0 bridgehead atoms. The summed E-state index contributed by atoms with van der Waals surface area (Å²) < 4.78 is 41.3. The molecule has 1 unspecified atom stereocenters. The number of hydrogen-bond donors (Lipinski definition) is 1. The quantitative estimate of drug-likeness (QED) is 0.789. The zero-order valence-corrected chi connectivity index (χ0v) is 17.2. The van der Waals surface area contributed by atoms with E-state index in [4.69, 9.17) is 0 Å². The Morgan fingerprint density at radius 1 is 1.16 bits per heavy atom. The van der Waals surface area contributed by atoms with Crippen molar-refractivity contribution >= 4 is 17.5 Å². The maximum absolute atomic E-state index is 13.2. The van der Waals surface area contributed by atoms with Crippen molar-refractivity contribution < 1.29 is 22.7 Å². The van der Waals surface area contributed by atoms with Crippen molar-refractivity contribution in [1.82, 2.24) is 19.8 Å². The fraction of sp³-hybridized carbons (Fsp3) is 0.476. The smallest absolute Gasteiger partial charge is 0.406 e. The van der Waals surface area contributed by atoms with Gasteiger partial charge < -0.3 is 15.0 Å². The van der Waals surface area contributed by atoms with Gasteiger partial charge in [-0.25, -0.2) is 9.97 Å². The van der Waals surface area contributed by atoms with Crippen molar-refractivity contribution in [3.05, 3.63) is 41.7 Å². The van der Waals surface area contributed by atoms with E-state index in [9.17, 15) is 18.0 Å². The first-order valence-electron chi connectivity index (χ1n) is 10.3. The van der Waals surface area contributed by atoms with Crippen molar-refractivity contribution in [2.75, 3.05) is 31.5 Å². The van der Waals surface area contributed by atoms with Crippen LogP contribution in [0.4, 0.5) is 24.8 Å². The third kappa shape index (κ3) is 5.25. The van der Waals surface area contributed by atoms with Gasteiger partial charge >= 0.3 is 6.36 Å². The number of carbonyl (C=O) groups is 1. The van der Waals surface area contributed by atoms with E-state index in [1.807, 2.05) is 11.8 Å². The van der Waals surface area contributed by atoms with Crippen LogP contribution in [0.25, 0.3) is 0 Å². The maximum Gasteiger partial charge on any atom is 0.573 e. The Morgan fingerprint density at radius 3 is 2.77 bits per heavy atom. The van der Waals surface area contributed by atoms with Gasteiger partial charge in [-0.05, 0) is 50.4 Å². The highest BCUT2D eigenvalue weighted by Crippen LogP contribution is 2.26. The van der Waals surface area contributed by atoms with Gasteiger partial charge in [0.2, 0.25) is 0 Å². The van der Waals surface area contributed by atoms with Gasteiger partial charge in [-0.1, -0.05) is 6.07 Å². The van der Waals surface area contributed by atoms with E-state index in [1.165, 1.54) is 6.20 Å². The first kappa shape index (κ1) is 21.4. The minimum Gasteiger partial charge on any atom is -0.406 e. The number of alkyl halides is 3.